The molecule has 6 nitrogen and oxygen atoms in total. The van der Waals surface area contributed by atoms with Crippen molar-refractivity contribution in [1.82, 2.24) is 20.2 Å². The minimum absolute atomic E-state index is 0.00592. The summed E-state index contributed by atoms with van der Waals surface area (Å²) in [5.41, 5.74) is 3.20. The summed E-state index contributed by atoms with van der Waals surface area (Å²) in [5, 5.41) is 16.7. The van der Waals surface area contributed by atoms with Gasteiger partial charge in [-0.1, -0.05) is 0 Å². The molecule has 0 spiro atoms. The van der Waals surface area contributed by atoms with Crippen molar-refractivity contribution < 1.29 is 9.90 Å². The molecule has 0 aliphatic rings. The summed E-state index contributed by atoms with van der Waals surface area (Å²) in [5.74, 6) is -1.06. The van der Waals surface area contributed by atoms with Crippen LogP contribution in [0.25, 0.3) is 22.2 Å². The number of hydrogen-bond donors (Lipinski definition) is 2. The van der Waals surface area contributed by atoms with Crippen molar-refractivity contribution in [1.29, 1.82) is 0 Å². The molecule has 3 rings (SSSR count). The molecule has 94 valence electrons. The standard InChI is InChI=1S/C13H10N4O2/c1-7-4-8(2-3-14-7)12-9-6-15-11(13(18)19)5-10(9)16-17-12/h2-6H,1H3,(H,16,17)(H,18,19). The topological polar surface area (TPSA) is 91.8 Å². The third kappa shape index (κ3) is 1.93. The number of aromatic carboxylic acids is 1. The zero-order valence-corrected chi connectivity index (χ0v) is 10.1. The number of carboxylic acids is 1. The molecule has 0 amide bonds. The maximum Gasteiger partial charge on any atom is 0.354 e. The number of rotatable bonds is 2. The SMILES string of the molecule is Cc1cc(-c2n[nH]c3cc(C(=O)O)ncc23)ccn1. The predicted octanol–water partition coefficient (Wildman–Crippen LogP) is 2.03. The van der Waals surface area contributed by atoms with E-state index in [0.29, 0.717) is 5.52 Å². The van der Waals surface area contributed by atoms with Crippen LogP contribution in [0.3, 0.4) is 0 Å². The maximum atomic E-state index is 10.9. The molecule has 0 aliphatic heterocycles. The molecule has 3 aromatic heterocycles. The lowest BCUT2D eigenvalue weighted by molar-refractivity contribution is 0.0690. The number of fused-ring (bicyclic) bond motifs is 1. The van der Waals surface area contributed by atoms with Crippen LogP contribution in [0.4, 0.5) is 0 Å². The lowest BCUT2D eigenvalue weighted by Crippen LogP contribution is -1.98. The van der Waals surface area contributed by atoms with Crippen LogP contribution in [-0.4, -0.2) is 31.2 Å². The molecular weight excluding hydrogens is 244 g/mol. The normalized spacial score (nSPS) is 10.8. The number of carbonyl (C=O) groups is 1. The van der Waals surface area contributed by atoms with Crippen molar-refractivity contribution in [2.45, 2.75) is 6.92 Å². The van der Waals surface area contributed by atoms with E-state index in [4.69, 9.17) is 5.11 Å². The summed E-state index contributed by atoms with van der Waals surface area (Å²) in [4.78, 5) is 18.9. The number of aromatic amines is 1. The summed E-state index contributed by atoms with van der Waals surface area (Å²) in [6, 6.07) is 5.25. The maximum absolute atomic E-state index is 10.9. The summed E-state index contributed by atoms with van der Waals surface area (Å²) in [7, 11) is 0. The molecule has 3 heterocycles. The third-order valence-corrected chi connectivity index (χ3v) is 2.84. The van der Waals surface area contributed by atoms with Gasteiger partial charge in [0.05, 0.1) is 5.52 Å². The lowest BCUT2D eigenvalue weighted by Gasteiger charge is -1.99. The van der Waals surface area contributed by atoms with Gasteiger partial charge in [-0.05, 0) is 25.1 Å². The predicted molar refractivity (Wildman–Crippen MR) is 68.8 cm³/mol. The van der Waals surface area contributed by atoms with Gasteiger partial charge < -0.3 is 5.11 Å². The van der Waals surface area contributed by atoms with Crippen LogP contribution in [0.1, 0.15) is 16.2 Å². The molecule has 0 fully saturated rings. The van der Waals surface area contributed by atoms with Gasteiger partial charge in [0.15, 0.2) is 0 Å². The van der Waals surface area contributed by atoms with Crippen LogP contribution in [0, 0.1) is 6.92 Å². The van der Waals surface area contributed by atoms with E-state index in [9.17, 15) is 4.79 Å². The van der Waals surface area contributed by atoms with Crippen LogP contribution in [0.2, 0.25) is 0 Å². The highest BCUT2D eigenvalue weighted by Gasteiger charge is 2.12. The van der Waals surface area contributed by atoms with Crippen LogP contribution < -0.4 is 0 Å². The highest BCUT2D eigenvalue weighted by Crippen LogP contribution is 2.25. The number of aryl methyl sites for hydroxylation is 1. The number of aromatic nitrogens is 4. The van der Waals surface area contributed by atoms with Crippen molar-refractivity contribution in [2.24, 2.45) is 0 Å². The zero-order chi connectivity index (χ0) is 13.4. The first-order valence-corrected chi connectivity index (χ1v) is 5.65. The minimum atomic E-state index is -1.06. The van der Waals surface area contributed by atoms with E-state index in [1.165, 1.54) is 12.3 Å². The van der Waals surface area contributed by atoms with Crippen LogP contribution in [0.15, 0.2) is 30.6 Å². The number of carboxylic acid groups (broad SMARTS) is 1. The molecule has 0 bridgehead atoms. The van der Waals surface area contributed by atoms with Gasteiger partial charge in [0.1, 0.15) is 11.4 Å². The van der Waals surface area contributed by atoms with Crippen molar-refractivity contribution in [3.05, 3.63) is 42.0 Å². The van der Waals surface area contributed by atoms with E-state index in [0.717, 1.165) is 22.3 Å². The fourth-order valence-electron chi connectivity index (χ4n) is 1.94. The molecule has 0 aliphatic carbocycles. The molecule has 0 atom stereocenters. The molecule has 19 heavy (non-hydrogen) atoms. The van der Waals surface area contributed by atoms with Crippen LogP contribution in [0.5, 0.6) is 0 Å². The van der Waals surface area contributed by atoms with Crippen molar-refractivity contribution in [3.8, 4) is 11.3 Å². The Morgan fingerprint density at radius 3 is 2.89 bits per heavy atom. The Hall–Kier alpha value is -2.76. The number of H-pyrrole nitrogens is 1. The Labute approximate surface area is 108 Å². The first kappa shape index (κ1) is 11.3. The molecule has 0 unspecified atom stereocenters. The number of nitrogens with zero attached hydrogens (tertiary/aromatic N) is 3. The van der Waals surface area contributed by atoms with Gasteiger partial charge in [0, 0.05) is 29.0 Å². The van der Waals surface area contributed by atoms with Gasteiger partial charge in [0.2, 0.25) is 0 Å². The molecular formula is C13H10N4O2. The average molecular weight is 254 g/mol. The van der Waals surface area contributed by atoms with E-state index in [1.54, 1.807) is 6.20 Å². The van der Waals surface area contributed by atoms with E-state index >= 15 is 0 Å². The molecule has 6 heteroatoms. The van der Waals surface area contributed by atoms with Gasteiger partial charge in [-0.2, -0.15) is 5.10 Å². The van der Waals surface area contributed by atoms with Crippen LogP contribution >= 0.6 is 0 Å². The molecule has 0 saturated heterocycles. The van der Waals surface area contributed by atoms with Gasteiger partial charge in [-0.3, -0.25) is 10.1 Å². The average Bonchev–Trinajstić information content (AvgIpc) is 2.81. The number of pyridine rings is 2. The number of nitrogens with one attached hydrogen (secondary N) is 1. The van der Waals surface area contributed by atoms with Gasteiger partial charge in [0.25, 0.3) is 0 Å². The van der Waals surface area contributed by atoms with Crippen molar-refractivity contribution in [2.75, 3.05) is 0 Å². The fourth-order valence-corrected chi connectivity index (χ4v) is 1.94. The Bertz CT molecular complexity index is 779. The monoisotopic (exact) mass is 254 g/mol. The Balaban J connectivity index is 2.18. The van der Waals surface area contributed by atoms with Gasteiger partial charge in [-0.25, -0.2) is 9.78 Å². The van der Waals surface area contributed by atoms with E-state index in [1.807, 2.05) is 19.1 Å². The largest absolute Gasteiger partial charge is 0.477 e. The van der Waals surface area contributed by atoms with E-state index in [-0.39, 0.29) is 5.69 Å². The van der Waals surface area contributed by atoms with E-state index in [2.05, 4.69) is 20.2 Å². The minimum Gasteiger partial charge on any atom is -0.477 e. The lowest BCUT2D eigenvalue weighted by atomic mass is 10.1. The highest BCUT2D eigenvalue weighted by molar-refractivity contribution is 5.96. The van der Waals surface area contributed by atoms with Crippen molar-refractivity contribution >= 4 is 16.9 Å². The van der Waals surface area contributed by atoms with Crippen molar-refractivity contribution in [3.63, 3.8) is 0 Å². The first-order valence-electron chi connectivity index (χ1n) is 5.65. The Morgan fingerprint density at radius 1 is 1.32 bits per heavy atom. The van der Waals surface area contributed by atoms with E-state index < -0.39 is 5.97 Å². The molecule has 3 aromatic rings. The summed E-state index contributed by atoms with van der Waals surface area (Å²) >= 11 is 0. The highest BCUT2D eigenvalue weighted by atomic mass is 16.4. The summed E-state index contributed by atoms with van der Waals surface area (Å²) in [6.45, 7) is 1.90. The van der Waals surface area contributed by atoms with Gasteiger partial charge >= 0.3 is 5.97 Å². The summed E-state index contributed by atoms with van der Waals surface area (Å²) < 4.78 is 0. The second kappa shape index (κ2) is 4.16. The zero-order valence-electron chi connectivity index (χ0n) is 10.1. The number of hydrogen-bond acceptors (Lipinski definition) is 4. The molecule has 0 saturated carbocycles. The molecule has 0 radical (unpaired) electrons. The molecule has 2 N–H and O–H groups in total. The fraction of sp³-hybridized carbons (Fsp3) is 0.0769. The first-order chi connectivity index (χ1) is 9.15. The Kier molecular flexibility index (Phi) is 2.49. The second-order valence-corrected chi connectivity index (χ2v) is 4.18. The molecule has 0 aromatic carbocycles. The van der Waals surface area contributed by atoms with Gasteiger partial charge in [-0.15, -0.1) is 0 Å². The second-order valence-electron chi connectivity index (χ2n) is 4.18. The Morgan fingerprint density at radius 2 is 2.16 bits per heavy atom. The van der Waals surface area contributed by atoms with Crippen LogP contribution in [-0.2, 0) is 0 Å². The quantitative estimate of drug-likeness (QED) is 0.730. The smallest absolute Gasteiger partial charge is 0.354 e. The third-order valence-electron chi connectivity index (χ3n) is 2.84. The summed E-state index contributed by atoms with van der Waals surface area (Å²) in [6.07, 6.45) is 3.23.